The summed E-state index contributed by atoms with van der Waals surface area (Å²) in [5.41, 5.74) is -0.664. The molecule has 7 heteroatoms. The van der Waals surface area contributed by atoms with Crippen molar-refractivity contribution in [3.63, 3.8) is 0 Å². The fraction of sp³-hybridized carbons (Fsp3) is 0.538. The molecule has 1 rings (SSSR count). The van der Waals surface area contributed by atoms with E-state index in [1.54, 1.807) is 0 Å². The Balaban J connectivity index is 2.63. The van der Waals surface area contributed by atoms with Crippen LogP contribution in [0.1, 0.15) is 19.4 Å². The summed E-state index contributed by atoms with van der Waals surface area (Å²) in [5.74, 6) is 0. The second kappa shape index (κ2) is 7.15. The highest BCUT2D eigenvalue weighted by Gasteiger charge is 2.30. The van der Waals surface area contributed by atoms with Crippen molar-refractivity contribution in [1.29, 1.82) is 0 Å². The van der Waals surface area contributed by atoms with Crippen LogP contribution in [-0.2, 0) is 10.9 Å². The predicted octanol–water partition coefficient (Wildman–Crippen LogP) is 3.56. The number of alkyl halides is 3. The third-order valence-corrected chi connectivity index (χ3v) is 2.77. The van der Waals surface area contributed by atoms with Crippen LogP contribution in [0.3, 0.4) is 0 Å². The van der Waals surface area contributed by atoms with Gasteiger partial charge in [0.25, 0.3) is 0 Å². The number of halogens is 4. The molecule has 114 valence electrons. The quantitative estimate of drug-likeness (QED) is 0.844. The first-order valence-electron chi connectivity index (χ1n) is 6.10. The number of benzene rings is 1. The molecule has 0 heterocycles. The number of anilines is 1. The highest BCUT2D eigenvalue weighted by Crippen LogP contribution is 2.33. The van der Waals surface area contributed by atoms with Gasteiger partial charge in [0.05, 0.1) is 35.1 Å². The maximum absolute atomic E-state index is 12.6. The van der Waals surface area contributed by atoms with E-state index in [4.69, 9.17) is 16.3 Å². The molecular weight excluding hydrogens is 295 g/mol. The van der Waals surface area contributed by atoms with Gasteiger partial charge in [-0.3, -0.25) is 0 Å². The molecule has 1 unspecified atom stereocenters. The van der Waals surface area contributed by atoms with Crippen molar-refractivity contribution in [3.05, 3.63) is 28.8 Å². The molecule has 0 saturated carbocycles. The molecule has 0 fully saturated rings. The molecule has 1 aromatic carbocycles. The van der Waals surface area contributed by atoms with Crippen molar-refractivity contribution in [3.8, 4) is 0 Å². The van der Waals surface area contributed by atoms with Crippen LogP contribution in [-0.4, -0.2) is 30.5 Å². The van der Waals surface area contributed by atoms with Crippen LogP contribution in [0.5, 0.6) is 0 Å². The Morgan fingerprint density at radius 1 is 1.35 bits per heavy atom. The Hall–Kier alpha value is -0.980. The Morgan fingerprint density at radius 2 is 2.00 bits per heavy atom. The normalized spacial score (nSPS) is 13.6. The molecule has 2 N–H and O–H groups in total. The number of hydrogen-bond acceptors (Lipinski definition) is 3. The number of aliphatic hydroxyl groups excluding tert-OH is 1. The molecule has 1 aromatic rings. The minimum atomic E-state index is -4.43. The van der Waals surface area contributed by atoms with Crippen molar-refractivity contribution in [1.82, 2.24) is 0 Å². The van der Waals surface area contributed by atoms with E-state index in [0.717, 1.165) is 12.1 Å². The molecule has 0 amide bonds. The average Bonchev–Trinajstić information content (AvgIpc) is 2.33. The summed E-state index contributed by atoms with van der Waals surface area (Å²) in [6, 6.07) is 2.99. The molecule has 0 aliphatic heterocycles. The van der Waals surface area contributed by atoms with E-state index < -0.39 is 17.8 Å². The minimum absolute atomic E-state index is 0.0261. The molecule has 1 atom stereocenters. The first-order chi connectivity index (χ1) is 9.20. The summed E-state index contributed by atoms with van der Waals surface area (Å²) in [5, 5.41) is 12.5. The summed E-state index contributed by atoms with van der Waals surface area (Å²) in [4.78, 5) is 0. The highest BCUT2D eigenvalue weighted by atomic mass is 35.5. The van der Waals surface area contributed by atoms with Crippen LogP contribution >= 0.6 is 11.6 Å². The van der Waals surface area contributed by atoms with Gasteiger partial charge in [0, 0.05) is 6.54 Å². The van der Waals surface area contributed by atoms with Gasteiger partial charge in [-0.2, -0.15) is 13.2 Å². The molecule has 0 radical (unpaired) electrons. The van der Waals surface area contributed by atoms with E-state index in [1.165, 1.54) is 6.07 Å². The van der Waals surface area contributed by atoms with Crippen LogP contribution < -0.4 is 5.32 Å². The number of aliphatic hydroxyl groups is 1. The van der Waals surface area contributed by atoms with E-state index in [-0.39, 0.29) is 30.0 Å². The molecule has 0 aliphatic carbocycles. The van der Waals surface area contributed by atoms with Gasteiger partial charge in [-0.15, -0.1) is 0 Å². The summed E-state index contributed by atoms with van der Waals surface area (Å²) < 4.78 is 42.9. The Morgan fingerprint density at radius 3 is 2.55 bits per heavy atom. The van der Waals surface area contributed by atoms with Crippen molar-refractivity contribution in [2.75, 3.05) is 18.5 Å². The third kappa shape index (κ3) is 5.56. The van der Waals surface area contributed by atoms with Gasteiger partial charge >= 0.3 is 6.18 Å². The molecule has 20 heavy (non-hydrogen) atoms. The van der Waals surface area contributed by atoms with Crippen molar-refractivity contribution < 1.29 is 23.0 Å². The third-order valence-electron chi connectivity index (χ3n) is 2.44. The van der Waals surface area contributed by atoms with Crippen LogP contribution in [0.15, 0.2) is 18.2 Å². The summed E-state index contributed by atoms with van der Waals surface area (Å²) in [7, 11) is 0. The van der Waals surface area contributed by atoms with E-state index >= 15 is 0 Å². The molecule has 0 saturated heterocycles. The largest absolute Gasteiger partial charge is 0.416 e. The Labute approximate surface area is 120 Å². The standard InChI is InChI=1S/C13H17ClF3NO2/c1-8(2)20-7-10(19)6-18-12-5-9(13(15,16)17)3-4-11(12)14/h3-5,8,10,18-19H,6-7H2,1-2H3. The summed E-state index contributed by atoms with van der Waals surface area (Å²) in [6.07, 6.45) is -5.29. The predicted molar refractivity (Wildman–Crippen MR) is 72.0 cm³/mol. The number of rotatable bonds is 6. The van der Waals surface area contributed by atoms with Gasteiger partial charge < -0.3 is 15.2 Å². The topological polar surface area (TPSA) is 41.5 Å². The zero-order valence-electron chi connectivity index (χ0n) is 11.2. The van der Waals surface area contributed by atoms with Gasteiger partial charge in [0.1, 0.15) is 0 Å². The SMILES string of the molecule is CC(C)OCC(O)CNc1cc(C(F)(F)F)ccc1Cl. The zero-order chi connectivity index (χ0) is 15.3. The first-order valence-corrected chi connectivity index (χ1v) is 6.48. The fourth-order valence-electron chi connectivity index (χ4n) is 1.43. The van der Waals surface area contributed by atoms with Crippen LogP contribution in [0.2, 0.25) is 5.02 Å². The number of ether oxygens (including phenoxy) is 1. The van der Waals surface area contributed by atoms with E-state index in [2.05, 4.69) is 5.32 Å². The number of nitrogens with one attached hydrogen (secondary N) is 1. The van der Waals surface area contributed by atoms with E-state index in [9.17, 15) is 18.3 Å². The molecule has 3 nitrogen and oxygen atoms in total. The summed E-state index contributed by atoms with van der Waals surface area (Å²) in [6.45, 7) is 3.79. The van der Waals surface area contributed by atoms with Crippen molar-refractivity contribution >= 4 is 17.3 Å². The van der Waals surface area contributed by atoms with E-state index in [1.807, 2.05) is 13.8 Å². The van der Waals surface area contributed by atoms with Crippen LogP contribution in [0, 0.1) is 0 Å². The van der Waals surface area contributed by atoms with Gasteiger partial charge in [-0.05, 0) is 32.0 Å². The molecule has 0 aliphatic rings. The van der Waals surface area contributed by atoms with Gasteiger partial charge in [0.2, 0.25) is 0 Å². The Kier molecular flexibility index (Phi) is 6.10. The van der Waals surface area contributed by atoms with E-state index in [0.29, 0.717) is 0 Å². The lowest BCUT2D eigenvalue weighted by Gasteiger charge is -2.16. The van der Waals surface area contributed by atoms with Crippen molar-refractivity contribution in [2.24, 2.45) is 0 Å². The fourth-order valence-corrected chi connectivity index (χ4v) is 1.61. The van der Waals surface area contributed by atoms with Crippen LogP contribution in [0.25, 0.3) is 0 Å². The Bertz CT molecular complexity index is 438. The maximum Gasteiger partial charge on any atom is 0.416 e. The monoisotopic (exact) mass is 311 g/mol. The zero-order valence-corrected chi connectivity index (χ0v) is 11.9. The summed E-state index contributed by atoms with van der Waals surface area (Å²) >= 11 is 5.81. The minimum Gasteiger partial charge on any atom is -0.389 e. The molecule has 0 aromatic heterocycles. The number of hydrogen-bond donors (Lipinski definition) is 2. The maximum atomic E-state index is 12.6. The second-order valence-corrected chi connectivity index (χ2v) is 5.02. The average molecular weight is 312 g/mol. The van der Waals surface area contributed by atoms with Gasteiger partial charge in [-0.25, -0.2) is 0 Å². The van der Waals surface area contributed by atoms with Gasteiger partial charge in [-0.1, -0.05) is 11.6 Å². The molecule has 0 bridgehead atoms. The van der Waals surface area contributed by atoms with Crippen molar-refractivity contribution in [2.45, 2.75) is 32.2 Å². The van der Waals surface area contributed by atoms with Gasteiger partial charge in [0.15, 0.2) is 0 Å². The van der Waals surface area contributed by atoms with Crippen LogP contribution in [0.4, 0.5) is 18.9 Å². The molecular formula is C13H17ClF3NO2. The second-order valence-electron chi connectivity index (χ2n) is 4.61. The molecule has 0 spiro atoms. The lowest BCUT2D eigenvalue weighted by molar-refractivity contribution is -0.137. The first kappa shape index (κ1) is 17.1. The lowest BCUT2D eigenvalue weighted by atomic mass is 10.2. The lowest BCUT2D eigenvalue weighted by Crippen LogP contribution is -2.26. The highest BCUT2D eigenvalue weighted by molar-refractivity contribution is 6.33. The smallest absolute Gasteiger partial charge is 0.389 e.